The number of aromatic hydroxyl groups is 1. The van der Waals surface area contributed by atoms with Crippen LogP contribution in [0.25, 0.3) is 0 Å². The molecule has 1 aromatic heterocycles. The van der Waals surface area contributed by atoms with E-state index in [1.54, 1.807) is 6.20 Å². The fourth-order valence-electron chi connectivity index (χ4n) is 1.58. The summed E-state index contributed by atoms with van der Waals surface area (Å²) in [5, 5.41) is 11.9. The number of halogens is 1. The quantitative estimate of drug-likeness (QED) is 0.885. The van der Waals surface area contributed by atoms with Gasteiger partial charge in [0.25, 0.3) is 5.91 Å². The molecule has 0 radical (unpaired) electrons. The first-order valence-corrected chi connectivity index (χ1v) is 5.81. The number of aryl methyl sites for hydroxylation is 1. The molecular weight excluding hydrogens is 251 g/mol. The number of carbonyl (C=O) groups is 1. The number of nitrogens with zero attached hydrogens (tertiary/aromatic N) is 1. The molecule has 19 heavy (non-hydrogen) atoms. The van der Waals surface area contributed by atoms with E-state index < -0.39 is 17.5 Å². The first-order valence-electron chi connectivity index (χ1n) is 5.81. The second kappa shape index (κ2) is 5.51. The maximum atomic E-state index is 13.4. The lowest BCUT2D eigenvalue weighted by Crippen LogP contribution is -2.24. The molecule has 0 aliphatic carbocycles. The molecule has 5 nitrogen and oxygen atoms in total. The maximum absolute atomic E-state index is 13.4. The minimum absolute atomic E-state index is 0.0343. The van der Waals surface area contributed by atoms with E-state index in [0.29, 0.717) is 18.1 Å². The number of aromatic nitrogens is 1. The number of phenols is 1. The van der Waals surface area contributed by atoms with Gasteiger partial charge in [-0.15, -0.1) is 0 Å². The minimum atomic E-state index is -0.779. The van der Waals surface area contributed by atoms with Crippen molar-refractivity contribution >= 4 is 5.91 Å². The lowest BCUT2D eigenvalue weighted by atomic mass is 10.1. The molecule has 100 valence electrons. The molecular formula is C13H13FN2O3. The zero-order chi connectivity index (χ0) is 13.8. The van der Waals surface area contributed by atoms with Crippen LogP contribution in [0.5, 0.6) is 5.75 Å². The Bertz CT molecular complexity index is 575. The molecule has 0 aliphatic rings. The average molecular weight is 264 g/mol. The zero-order valence-corrected chi connectivity index (χ0v) is 10.3. The van der Waals surface area contributed by atoms with E-state index in [0.717, 1.165) is 6.07 Å². The molecule has 0 saturated carbocycles. The summed E-state index contributed by atoms with van der Waals surface area (Å²) in [5.41, 5.74) is -0.384. The van der Waals surface area contributed by atoms with Crippen molar-refractivity contribution in [2.24, 2.45) is 0 Å². The van der Waals surface area contributed by atoms with E-state index in [2.05, 4.69) is 10.3 Å². The highest BCUT2D eigenvalue weighted by molar-refractivity contribution is 5.96. The molecule has 2 N–H and O–H groups in total. The third kappa shape index (κ3) is 2.90. The highest BCUT2D eigenvalue weighted by Crippen LogP contribution is 2.19. The van der Waals surface area contributed by atoms with Gasteiger partial charge in [-0.05, 0) is 12.1 Å². The summed E-state index contributed by atoms with van der Waals surface area (Å²) >= 11 is 0. The first kappa shape index (κ1) is 13.1. The van der Waals surface area contributed by atoms with Crippen LogP contribution < -0.4 is 5.32 Å². The van der Waals surface area contributed by atoms with Crippen molar-refractivity contribution in [2.45, 2.75) is 19.9 Å². The van der Waals surface area contributed by atoms with Gasteiger partial charge in [-0.1, -0.05) is 13.0 Å². The zero-order valence-electron chi connectivity index (χ0n) is 10.3. The molecule has 6 heteroatoms. The summed E-state index contributed by atoms with van der Waals surface area (Å²) < 4.78 is 18.7. The predicted octanol–water partition coefficient (Wildman–Crippen LogP) is 2.01. The van der Waals surface area contributed by atoms with Gasteiger partial charge in [-0.3, -0.25) is 4.79 Å². The molecule has 0 unspecified atom stereocenters. The standard InChI is InChI=1S/C13H13FN2O3/c1-2-8-6-15-11(19-8)7-16-13(18)12-9(14)4-3-5-10(12)17/h3-6,17H,2,7H2,1H3,(H,16,18). The average Bonchev–Trinajstić information content (AvgIpc) is 2.84. The van der Waals surface area contributed by atoms with Crippen molar-refractivity contribution in [3.63, 3.8) is 0 Å². The van der Waals surface area contributed by atoms with Crippen molar-refractivity contribution < 1.29 is 18.7 Å². The highest BCUT2D eigenvalue weighted by Gasteiger charge is 2.16. The van der Waals surface area contributed by atoms with Crippen LogP contribution in [0.15, 0.2) is 28.8 Å². The van der Waals surface area contributed by atoms with Gasteiger partial charge in [-0.2, -0.15) is 0 Å². The predicted molar refractivity (Wildman–Crippen MR) is 65.1 cm³/mol. The van der Waals surface area contributed by atoms with E-state index in [-0.39, 0.29) is 12.1 Å². The summed E-state index contributed by atoms with van der Waals surface area (Å²) in [7, 11) is 0. The molecule has 2 aromatic rings. The molecule has 0 bridgehead atoms. The van der Waals surface area contributed by atoms with Gasteiger partial charge in [-0.25, -0.2) is 9.37 Å². The van der Waals surface area contributed by atoms with E-state index in [9.17, 15) is 14.3 Å². The van der Waals surface area contributed by atoms with Crippen LogP contribution in [0.1, 0.15) is 28.9 Å². The minimum Gasteiger partial charge on any atom is -0.507 e. The number of oxazole rings is 1. The Balaban J connectivity index is 2.05. The van der Waals surface area contributed by atoms with E-state index in [1.807, 2.05) is 6.92 Å². The SMILES string of the molecule is CCc1cnc(CNC(=O)c2c(O)cccc2F)o1. The van der Waals surface area contributed by atoms with Gasteiger partial charge >= 0.3 is 0 Å². The van der Waals surface area contributed by atoms with Crippen LogP contribution in [0.3, 0.4) is 0 Å². The summed E-state index contributed by atoms with van der Waals surface area (Å²) in [4.78, 5) is 15.7. The van der Waals surface area contributed by atoms with Crippen molar-refractivity contribution in [3.05, 3.63) is 47.4 Å². The number of amides is 1. The molecule has 0 atom stereocenters. The second-order valence-corrected chi connectivity index (χ2v) is 3.89. The van der Waals surface area contributed by atoms with E-state index in [4.69, 9.17) is 4.42 Å². The molecule has 1 amide bonds. The summed E-state index contributed by atoms with van der Waals surface area (Å²) in [5.74, 6) is -0.857. The van der Waals surface area contributed by atoms with E-state index in [1.165, 1.54) is 12.1 Å². The molecule has 0 saturated heterocycles. The van der Waals surface area contributed by atoms with Crippen LogP contribution in [0, 0.1) is 5.82 Å². The Labute approximate surface area is 109 Å². The number of nitrogens with one attached hydrogen (secondary N) is 1. The topological polar surface area (TPSA) is 75.4 Å². The highest BCUT2D eigenvalue weighted by atomic mass is 19.1. The second-order valence-electron chi connectivity index (χ2n) is 3.89. The molecule has 2 rings (SSSR count). The van der Waals surface area contributed by atoms with Gasteiger partial charge in [0, 0.05) is 6.42 Å². The van der Waals surface area contributed by atoms with Crippen molar-refractivity contribution in [1.29, 1.82) is 0 Å². The monoisotopic (exact) mass is 264 g/mol. The third-order valence-corrected chi connectivity index (χ3v) is 2.57. The van der Waals surface area contributed by atoms with Crippen LogP contribution in [-0.4, -0.2) is 16.0 Å². The van der Waals surface area contributed by atoms with Crippen molar-refractivity contribution in [3.8, 4) is 5.75 Å². The van der Waals surface area contributed by atoms with Crippen LogP contribution in [0.4, 0.5) is 4.39 Å². The largest absolute Gasteiger partial charge is 0.507 e. The van der Waals surface area contributed by atoms with Crippen molar-refractivity contribution in [2.75, 3.05) is 0 Å². The van der Waals surface area contributed by atoms with Crippen LogP contribution in [0.2, 0.25) is 0 Å². The van der Waals surface area contributed by atoms with E-state index >= 15 is 0 Å². The molecule has 1 aromatic carbocycles. The number of rotatable bonds is 4. The Morgan fingerprint density at radius 2 is 2.32 bits per heavy atom. The van der Waals surface area contributed by atoms with Crippen LogP contribution >= 0.6 is 0 Å². The lowest BCUT2D eigenvalue weighted by Gasteiger charge is -2.05. The fraction of sp³-hybridized carbons (Fsp3) is 0.231. The third-order valence-electron chi connectivity index (χ3n) is 2.57. The molecule has 0 fully saturated rings. The first-order chi connectivity index (χ1) is 9.11. The Kier molecular flexibility index (Phi) is 3.79. The summed E-state index contributed by atoms with van der Waals surface area (Å²) in [6.45, 7) is 1.95. The maximum Gasteiger partial charge on any atom is 0.258 e. The van der Waals surface area contributed by atoms with Gasteiger partial charge in [0.2, 0.25) is 5.89 Å². The number of hydrogen-bond acceptors (Lipinski definition) is 4. The summed E-state index contributed by atoms with van der Waals surface area (Å²) in [6, 6.07) is 3.68. The number of phenolic OH excluding ortho intramolecular Hbond substituents is 1. The number of hydrogen-bond donors (Lipinski definition) is 2. The molecule has 0 spiro atoms. The van der Waals surface area contributed by atoms with Gasteiger partial charge in [0.15, 0.2) is 0 Å². The molecule has 1 heterocycles. The smallest absolute Gasteiger partial charge is 0.258 e. The fourth-order valence-corrected chi connectivity index (χ4v) is 1.58. The van der Waals surface area contributed by atoms with Crippen molar-refractivity contribution in [1.82, 2.24) is 10.3 Å². The van der Waals surface area contributed by atoms with Gasteiger partial charge in [0.05, 0.1) is 12.7 Å². The molecule has 0 aliphatic heterocycles. The van der Waals surface area contributed by atoms with Gasteiger partial charge < -0.3 is 14.8 Å². The number of carbonyl (C=O) groups excluding carboxylic acids is 1. The lowest BCUT2D eigenvalue weighted by molar-refractivity contribution is 0.0940. The Morgan fingerprint density at radius 1 is 1.53 bits per heavy atom. The Hall–Kier alpha value is -2.37. The number of benzene rings is 1. The van der Waals surface area contributed by atoms with Gasteiger partial charge in [0.1, 0.15) is 22.9 Å². The Morgan fingerprint density at radius 3 is 2.95 bits per heavy atom. The van der Waals surface area contributed by atoms with Crippen LogP contribution in [-0.2, 0) is 13.0 Å². The summed E-state index contributed by atoms with van der Waals surface area (Å²) in [6.07, 6.45) is 2.27. The normalized spacial score (nSPS) is 10.4.